The van der Waals surface area contributed by atoms with Gasteiger partial charge in [-0.15, -0.1) is 0 Å². The van der Waals surface area contributed by atoms with Crippen molar-refractivity contribution in [3.05, 3.63) is 52.3 Å². The zero-order valence-corrected chi connectivity index (χ0v) is 15.6. The molecule has 0 radical (unpaired) electrons. The van der Waals surface area contributed by atoms with Crippen molar-refractivity contribution in [3.8, 4) is 0 Å². The Labute approximate surface area is 149 Å². The van der Waals surface area contributed by atoms with Crippen LogP contribution in [-0.2, 0) is 23.0 Å². The van der Waals surface area contributed by atoms with Crippen LogP contribution >= 0.6 is 0 Å². The summed E-state index contributed by atoms with van der Waals surface area (Å²) in [5.41, 5.74) is 5.70. The van der Waals surface area contributed by atoms with Gasteiger partial charge in [0.25, 0.3) is 0 Å². The normalized spacial score (nSPS) is 17.8. The van der Waals surface area contributed by atoms with Gasteiger partial charge in [0.15, 0.2) is 0 Å². The highest BCUT2D eigenvalue weighted by atomic mass is 16.5. The first-order valence-electron chi connectivity index (χ1n) is 8.91. The summed E-state index contributed by atoms with van der Waals surface area (Å²) in [6.45, 7) is 7.95. The molecular weight excluding hydrogens is 314 g/mol. The van der Waals surface area contributed by atoms with Crippen LogP contribution in [0.15, 0.2) is 24.3 Å². The van der Waals surface area contributed by atoms with Crippen molar-refractivity contribution in [1.29, 1.82) is 0 Å². The quantitative estimate of drug-likeness (QED) is 0.859. The molecule has 5 heteroatoms. The third-order valence-electron chi connectivity index (χ3n) is 5.22. The lowest BCUT2D eigenvalue weighted by Gasteiger charge is -2.36. The molecule has 1 aliphatic rings. The van der Waals surface area contributed by atoms with E-state index in [0.717, 1.165) is 23.4 Å². The largest absolute Gasteiger partial charge is 0.377 e. The molecule has 0 bridgehead atoms. The van der Waals surface area contributed by atoms with Gasteiger partial charge in [0.05, 0.1) is 24.9 Å². The maximum atomic E-state index is 12.9. The zero-order chi connectivity index (χ0) is 18.0. The topological polar surface area (TPSA) is 47.4 Å². The Morgan fingerprint density at radius 2 is 2.04 bits per heavy atom. The van der Waals surface area contributed by atoms with Crippen LogP contribution in [0, 0.1) is 20.8 Å². The van der Waals surface area contributed by atoms with Crippen LogP contribution in [0.3, 0.4) is 0 Å². The molecule has 1 atom stereocenters. The van der Waals surface area contributed by atoms with Crippen molar-refractivity contribution in [3.63, 3.8) is 0 Å². The number of benzene rings is 1. The number of aromatic nitrogens is 2. The second-order valence-electron chi connectivity index (χ2n) is 6.81. The molecule has 1 amide bonds. The molecule has 0 saturated carbocycles. The third-order valence-corrected chi connectivity index (χ3v) is 5.22. The highest BCUT2D eigenvalue weighted by molar-refractivity contribution is 5.77. The van der Waals surface area contributed by atoms with Crippen molar-refractivity contribution < 1.29 is 9.53 Å². The molecule has 2 heterocycles. The summed E-state index contributed by atoms with van der Waals surface area (Å²) in [5, 5.41) is 4.51. The lowest BCUT2D eigenvalue weighted by atomic mass is 10.0. The minimum Gasteiger partial charge on any atom is -0.377 e. The fourth-order valence-corrected chi connectivity index (χ4v) is 3.69. The molecule has 1 aliphatic heterocycles. The minimum atomic E-state index is -0.0354. The highest BCUT2D eigenvalue weighted by Crippen LogP contribution is 2.30. The Hall–Kier alpha value is -2.14. The Bertz CT molecular complexity index is 766. The zero-order valence-electron chi connectivity index (χ0n) is 15.6. The molecule has 0 aliphatic carbocycles. The van der Waals surface area contributed by atoms with E-state index in [1.54, 1.807) is 0 Å². The van der Waals surface area contributed by atoms with E-state index >= 15 is 0 Å². The van der Waals surface area contributed by atoms with Crippen LogP contribution in [-0.4, -0.2) is 40.3 Å². The number of carbonyl (C=O) groups is 1. The number of rotatable bonds is 4. The smallest absolute Gasteiger partial charge is 0.223 e. The first-order valence-corrected chi connectivity index (χ1v) is 8.91. The van der Waals surface area contributed by atoms with E-state index in [1.807, 2.05) is 35.7 Å². The van der Waals surface area contributed by atoms with Gasteiger partial charge in [-0.05, 0) is 38.3 Å². The summed E-state index contributed by atoms with van der Waals surface area (Å²) in [6, 6.07) is 8.24. The van der Waals surface area contributed by atoms with Crippen LogP contribution in [0.5, 0.6) is 0 Å². The summed E-state index contributed by atoms with van der Waals surface area (Å²) in [6.07, 6.45) is 1.31. The van der Waals surface area contributed by atoms with Gasteiger partial charge in [0, 0.05) is 31.3 Å². The predicted octanol–water partition coefficient (Wildman–Crippen LogP) is 2.88. The third kappa shape index (κ3) is 3.61. The van der Waals surface area contributed by atoms with Gasteiger partial charge >= 0.3 is 0 Å². The molecule has 0 N–H and O–H groups in total. The SMILES string of the molecule is Cc1ccccc1CCC(=O)N1CCOC[C@@H]1c1c(C)nn(C)c1C. The Kier molecular flexibility index (Phi) is 5.23. The van der Waals surface area contributed by atoms with E-state index in [1.165, 1.54) is 11.1 Å². The van der Waals surface area contributed by atoms with Gasteiger partial charge in [0.1, 0.15) is 0 Å². The number of nitrogens with zero attached hydrogens (tertiary/aromatic N) is 3. The summed E-state index contributed by atoms with van der Waals surface area (Å²) < 4.78 is 7.57. The number of morpholine rings is 1. The number of carbonyl (C=O) groups excluding carboxylic acids is 1. The van der Waals surface area contributed by atoms with Gasteiger partial charge in [-0.2, -0.15) is 5.10 Å². The molecular formula is C20H27N3O2. The van der Waals surface area contributed by atoms with Crippen LogP contribution < -0.4 is 0 Å². The van der Waals surface area contributed by atoms with Crippen molar-refractivity contribution >= 4 is 5.91 Å². The maximum absolute atomic E-state index is 12.9. The standard InChI is InChI=1S/C20H27N3O2/c1-14-7-5-6-8-17(14)9-10-19(24)23-11-12-25-13-18(23)20-15(2)21-22(4)16(20)3/h5-8,18H,9-13H2,1-4H3/t18-/m1/s1. The minimum absolute atomic E-state index is 0.0354. The van der Waals surface area contributed by atoms with E-state index < -0.39 is 0 Å². The fourth-order valence-electron chi connectivity index (χ4n) is 3.69. The van der Waals surface area contributed by atoms with E-state index in [0.29, 0.717) is 26.2 Å². The summed E-state index contributed by atoms with van der Waals surface area (Å²) >= 11 is 0. The van der Waals surface area contributed by atoms with Crippen molar-refractivity contribution in [2.75, 3.05) is 19.8 Å². The van der Waals surface area contributed by atoms with E-state index in [4.69, 9.17) is 4.74 Å². The molecule has 2 aromatic rings. The molecule has 25 heavy (non-hydrogen) atoms. The Morgan fingerprint density at radius 1 is 1.28 bits per heavy atom. The van der Waals surface area contributed by atoms with Crippen molar-refractivity contribution in [2.24, 2.45) is 7.05 Å². The highest BCUT2D eigenvalue weighted by Gasteiger charge is 2.32. The van der Waals surface area contributed by atoms with Gasteiger partial charge in [-0.1, -0.05) is 24.3 Å². The van der Waals surface area contributed by atoms with E-state index in [9.17, 15) is 4.79 Å². The average Bonchev–Trinajstić information content (AvgIpc) is 2.86. The van der Waals surface area contributed by atoms with Crippen LogP contribution in [0.2, 0.25) is 0 Å². The lowest BCUT2D eigenvalue weighted by molar-refractivity contribution is -0.140. The van der Waals surface area contributed by atoms with Gasteiger partial charge in [-0.3, -0.25) is 9.48 Å². The molecule has 5 nitrogen and oxygen atoms in total. The first-order chi connectivity index (χ1) is 12.0. The number of ether oxygens (including phenoxy) is 1. The number of amides is 1. The first kappa shape index (κ1) is 17.7. The molecule has 0 unspecified atom stereocenters. The molecule has 1 aromatic carbocycles. The molecule has 1 aromatic heterocycles. The Morgan fingerprint density at radius 3 is 2.72 bits per heavy atom. The second-order valence-corrected chi connectivity index (χ2v) is 6.81. The number of aryl methyl sites for hydroxylation is 4. The predicted molar refractivity (Wildman–Crippen MR) is 97.5 cm³/mol. The lowest BCUT2D eigenvalue weighted by Crippen LogP contribution is -2.43. The number of hydrogen-bond donors (Lipinski definition) is 0. The molecule has 134 valence electrons. The van der Waals surface area contributed by atoms with Crippen LogP contribution in [0.4, 0.5) is 0 Å². The maximum Gasteiger partial charge on any atom is 0.223 e. The van der Waals surface area contributed by atoms with E-state index in [2.05, 4.69) is 31.1 Å². The van der Waals surface area contributed by atoms with Crippen LogP contribution in [0.1, 0.15) is 40.5 Å². The molecule has 1 fully saturated rings. The summed E-state index contributed by atoms with van der Waals surface area (Å²) in [7, 11) is 1.94. The molecule has 1 saturated heterocycles. The van der Waals surface area contributed by atoms with Gasteiger partial charge in [-0.25, -0.2) is 0 Å². The van der Waals surface area contributed by atoms with Gasteiger partial charge in [0.2, 0.25) is 5.91 Å². The second kappa shape index (κ2) is 7.40. The summed E-state index contributed by atoms with van der Waals surface area (Å²) in [5.74, 6) is 0.194. The fraction of sp³-hybridized carbons (Fsp3) is 0.500. The summed E-state index contributed by atoms with van der Waals surface area (Å²) in [4.78, 5) is 14.9. The Balaban J connectivity index is 1.76. The number of hydrogen-bond acceptors (Lipinski definition) is 3. The van der Waals surface area contributed by atoms with Crippen molar-refractivity contribution in [2.45, 2.75) is 39.7 Å². The van der Waals surface area contributed by atoms with Crippen molar-refractivity contribution in [1.82, 2.24) is 14.7 Å². The monoisotopic (exact) mass is 341 g/mol. The average molecular weight is 341 g/mol. The molecule has 3 rings (SSSR count). The van der Waals surface area contributed by atoms with Crippen LogP contribution in [0.25, 0.3) is 0 Å². The molecule has 0 spiro atoms. The van der Waals surface area contributed by atoms with E-state index in [-0.39, 0.29) is 11.9 Å². The van der Waals surface area contributed by atoms with Gasteiger partial charge < -0.3 is 9.64 Å².